The van der Waals surface area contributed by atoms with E-state index < -0.39 is 40.1 Å². The summed E-state index contributed by atoms with van der Waals surface area (Å²) in [5.74, 6) is 1.78. The second-order valence-corrected chi connectivity index (χ2v) is 16.9. The molecule has 3 aromatic rings. The molecule has 5 atom stereocenters. The van der Waals surface area contributed by atoms with Crippen LogP contribution in [0.5, 0.6) is 17.2 Å². The van der Waals surface area contributed by atoms with Crippen LogP contribution in [0.3, 0.4) is 0 Å². The number of carbonyl (C=O) groups excluding carboxylic acids is 1. The Kier molecular flexibility index (Phi) is 10.2. The van der Waals surface area contributed by atoms with Crippen molar-refractivity contribution in [3.05, 3.63) is 78.1 Å². The lowest BCUT2D eigenvalue weighted by Gasteiger charge is -2.34. The number of nitrogens with zero attached hydrogens (tertiary/aromatic N) is 3. The molecule has 3 unspecified atom stereocenters. The number of ether oxygens (including phenoxy) is 7. The highest BCUT2D eigenvalue weighted by molar-refractivity contribution is 7.89. The first-order valence-corrected chi connectivity index (χ1v) is 20.0. The summed E-state index contributed by atoms with van der Waals surface area (Å²) in [6.45, 7) is 5.24. The summed E-state index contributed by atoms with van der Waals surface area (Å²) >= 11 is 0. The van der Waals surface area contributed by atoms with Gasteiger partial charge in [-0.25, -0.2) is 13.2 Å². The molecule has 1 aromatic heterocycles. The molecular formula is C39H47N3O10S. The van der Waals surface area contributed by atoms with Gasteiger partial charge in [-0.05, 0) is 87.4 Å². The molecule has 0 bridgehead atoms. The normalized spacial score (nSPS) is 26.3. The van der Waals surface area contributed by atoms with Crippen molar-refractivity contribution in [3.8, 4) is 17.2 Å². The first kappa shape index (κ1) is 36.0. The minimum Gasteiger partial charge on any atom is -0.487 e. The van der Waals surface area contributed by atoms with Gasteiger partial charge in [0.2, 0.25) is 16.8 Å². The molecule has 5 aliphatic rings. The average Bonchev–Trinajstić information content (AvgIpc) is 3.99. The summed E-state index contributed by atoms with van der Waals surface area (Å²) in [4.78, 5) is 20.4. The Morgan fingerprint density at radius 3 is 2.58 bits per heavy atom. The van der Waals surface area contributed by atoms with Crippen molar-refractivity contribution in [2.24, 2.45) is 11.8 Å². The Morgan fingerprint density at radius 1 is 0.981 bits per heavy atom. The van der Waals surface area contributed by atoms with Crippen LogP contribution in [-0.4, -0.2) is 92.1 Å². The van der Waals surface area contributed by atoms with Gasteiger partial charge in [-0.1, -0.05) is 31.0 Å². The van der Waals surface area contributed by atoms with Crippen LogP contribution >= 0.6 is 0 Å². The van der Waals surface area contributed by atoms with Crippen molar-refractivity contribution in [2.45, 2.75) is 94.1 Å². The van der Waals surface area contributed by atoms with E-state index in [4.69, 9.17) is 33.2 Å². The van der Waals surface area contributed by atoms with Crippen LogP contribution in [0.25, 0.3) is 0 Å². The summed E-state index contributed by atoms with van der Waals surface area (Å²) in [6.07, 6.45) is 4.88. The van der Waals surface area contributed by atoms with E-state index in [1.807, 2.05) is 56.3 Å². The molecule has 4 aliphatic heterocycles. The third-order valence-electron chi connectivity index (χ3n) is 11.0. The van der Waals surface area contributed by atoms with Crippen molar-refractivity contribution in [3.63, 3.8) is 0 Å². The molecule has 0 radical (unpaired) electrons. The van der Waals surface area contributed by atoms with Crippen LogP contribution in [-0.2, 0) is 42.0 Å². The van der Waals surface area contributed by atoms with E-state index in [0.717, 1.165) is 43.4 Å². The van der Waals surface area contributed by atoms with Gasteiger partial charge in [0.1, 0.15) is 24.2 Å². The van der Waals surface area contributed by atoms with Gasteiger partial charge in [0.15, 0.2) is 17.8 Å². The van der Waals surface area contributed by atoms with Gasteiger partial charge in [0.25, 0.3) is 0 Å². The molecular weight excluding hydrogens is 703 g/mol. The molecule has 4 fully saturated rings. The summed E-state index contributed by atoms with van der Waals surface area (Å²) in [5.41, 5.74) is 0.642. The molecule has 5 heterocycles. The highest BCUT2D eigenvalue weighted by Gasteiger charge is 2.53. The Morgan fingerprint density at radius 2 is 1.79 bits per heavy atom. The predicted molar refractivity (Wildman–Crippen MR) is 191 cm³/mol. The topological polar surface area (TPSA) is 135 Å². The van der Waals surface area contributed by atoms with E-state index in [9.17, 15) is 13.2 Å². The van der Waals surface area contributed by atoms with Gasteiger partial charge < -0.3 is 33.2 Å². The van der Waals surface area contributed by atoms with Crippen LogP contribution in [0, 0.1) is 11.8 Å². The van der Waals surface area contributed by atoms with E-state index in [-0.39, 0.29) is 43.0 Å². The van der Waals surface area contributed by atoms with Gasteiger partial charge in [0, 0.05) is 25.4 Å². The zero-order valence-electron chi connectivity index (χ0n) is 30.1. The maximum absolute atomic E-state index is 14.5. The lowest BCUT2D eigenvalue weighted by atomic mass is 9.99. The summed E-state index contributed by atoms with van der Waals surface area (Å²) in [5, 5.41) is 0. The number of hydrogen-bond donors (Lipinski definition) is 0. The zero-order chi connectivity index (χ0) is 36.6. The first-order chi connectivity index (χ1) is 25.6. The van der Waals surface area contributed by atoms with E-state index in [1.165, 1.54) is 6.07 Å². The summed E-state index contributed by atoms with van der Waals surface area (Å²) in [6, 6.07) is 17.6. The van der Waals surface area contributed by atoms with Gasteiger partial charge in [-0.2, -0.15) is 4.31 Å². The van der Waals surface area contributed by atoms with Crippen LogP contribution < -0.4 is 14.2 Å². The van der Waals surface area contributed by atoms with E-state index in [1.54, 1.807) is 27.5 Å². The van der Waals surface area contributed by atoms with Crippen molar-refractivity contribution in [1.82, 2.24) is 14.2 Å². The maximum atomic E-state index is 14.5. The number of fused-ring (bicyclic) bond motifs is 2. The molecule has 0 spiro atoms. The number of hydrogen-bond acceptors (Lipinski definition) is 11. The molecule has 3 saturated heterocycles. The molecule has 14 heteroatoms. The highest BCUT2D eigenvalue weighted by atomic mass is 32.2. The molecule has 1 amide bonds. The SMILES string of the molecule is CC1(C)O[C@H](CN(CC2CCCC2)S(=O)(=O)c2ccc3c(c2)OCO3)[C@H](Cc2ccc(OCc3ccccn3)cc2)N1C(=O)OC1COC2OCCC12. The number of rotatable bonds is 12. The number of sulfonamides is 1. The predicted octanol–water partition coefficient (Wildman–Crippen LogP) is 5.52. The quantitative estimate of drug-likeness (QED) is 0.232. The van der Waals surface area contributed by atoms with Crippen LogP contribution in [0.2, 0.25) is 0 Å². The highest BCUT2D eigenvalue weighted by Crippen LogP contribution is 2.40. The number of benzene rings is 2. The van der Waals surface area contributed by atoms with Crippen molar-refractivity contribution in [1.29, 1.82) is 0 Å². The average molecular weight is 750 g/mol. The van der Waals surface area contributed by atoms with Crippen LogP contribution in [0.4, 0.5) is 4.79 Å². The molecule has 13 nitrogen and oxygen atoms in total. The number of pyridine rings is 1. The summed E-state index contributed by atoms with van der Waals surface area (Å²) < 4.78 is 71.9. The third kappa shape index (κ3) is 7.70. The zero-order valence-corrected chi connectivity index (χ0v) is 30.9. The second-order valence-electron chi connectivity index (χ2n) is 14.9. The van der Waals surface area contributed by atoms with Gasteiger partial charge in [0.05, 0.1) is 41.9 Å². The Bertz CT molecular complexity index is 1850. The Labute approximate surface area is 310 Å². The summed E-state index contributed by atoms with van der Waals surface area (Å²) in [7, 11) is -4.00. The molecule has 8 rings (SSSR count). The Hall–Kier alpha value is -3.95. The fraction of sp³-hybridized carbons (Fsp3) is 0.538. The molecule has 2 aromatic carbocycles. The number of amides is 1. The lowest BCUT2D eigenvalue weighted by molar-refractivity contribution is -0.0911. The number of carbonyl (C=O) groups is 1. The smallest absolute Gasteiger partial charge is 0.412 e. The molecule has 1 saturated carbocycles. The standard InChI is InChI=1S/C39H47N3O10S/c1-39(2)42(38(43)51-36-24-48-37-31(36)16-18-46-37)32(19-26-10-12-29(13-11-26)47-23-28-9-5-6-17-40-28)35(52-39)22-41(21-27-7-3-4-8-27)53(44,45)30-14-15-33-34(20-30)50-25-49-33/h5-6,9-15,17,20,27,31-32,35-37H,3-4,7-8,16,18-19,21-25H2,1-2H3/t31?,32-,35+,36?,37?/m0/s1. The second kappa shape index (κ2) is 15.1. The minimum atomic E-state index is -4.00. The largest absolute Gasteiger partial charge is 0.487 e. The third-order valence-corrected chi connectivity index (χ3v) is 12.8. The number of aromatic nitrogens is 1. The van der Waals surface area contributed by atoms with E-state index in [2.05, 4.69) is 4.98 Å². The van der Waals surface area contributed by atoms with Gasteiger partial charge in [-0.3, -0.25) is 9.88 Å². The maximum Gasteiger partial charge on any atom is 0.412 e. The van der Waals surface area contributed by atoms with Gasteiger partial charge >= 0.3 is 6.09 Å². The molecule has 1 aliphatic carbocycles. The lowest BCUT2D eigenvalue weighted by Crippen LogP contribution is -2.51. The molecule has 53 heavy (non-hydrogen) atoms. The first-order valence-electron chi connectivity index (χ1n) is 18.6. The van der Waals surface area contributed by atoms with Crippen molar-refractivity contribution >= 4 is 16.1 Å². The fourth-order valence-electron chi connectivity index (χ4n) is 8.28. The van der Waals surface area contributed by atoms with Crippen molar-refractivity contribution < 1.29 is 46.4 Å². The van der Waals surface area contributed by atoms with Crippen LogP contribution in [0.1, 0.15) is 57.2 Å². The van der Waals surface area contributed by atoms with Crippen molar-refractivity contribution in [2.75, 3.05) is 33.1 Å². The van der Waals surface area contributed by atoms with Gasteiger partial charge in [-0.15, -0.1) is 0 Å². The molecule has 284 valence electrons. The Balaban J connectivity index is 1.07. The monoisotopic (exact) mass is 749 g/mol. The molecule has 0 N–H and O–H groups in total. The van der Waals surface area contributed by atoms with Crippen LogP contribution in [0.15, 0.2) is 71.8 Å². The van der Waals surface area contributed by atoms with E-state index >= 15 is 0 Å². The minimum absolute atomic E-state index is 0.0350. The fourth-order valence-corrected chi connectivity index (χ4v) is 9.83. The van der Waals surface area contributed by atoms with E-state index in [0.29, 0.717) is 43.4 Å².